The first-order valence-electron chi connectivity index (χ1n) is 10.4. The predicted octanol–water partition coefficient (Wildman–Crippen LogP) is 5.14. The van der Waals surface area contributed by atoms with E-state index in [1.165, 1.54) is 12.1 Å². The summed E-state index contributed by atoms with van der Waals surface area (Å²) >= 11 is 1.56. The van der Waals surface area contributed by atoms with E-state index in [1.807, 2.05) is 40.6 Å². The molecule has 160 valence electrons. The van der Waals surface area contributed by atoms with Crippen molar-refractivity contribution in [2.45, 2.75) is 32.4 Å². The molecule has 2 heterocycles. The summed E-state index contributed by atoms with van der Waals surface area (Å²) in [6.45, 7) is 5.01. The molecule has 4 rings (SSSR count). The Morgan fingerprint density at radius 2 is 1.84 bits per heavy atom. The van der Waals surface area contributed by atoms with Gasteiger partial charge in [-0.3, -0.25) is 9.59 Å². The van der Waals surface area contributed by atoms with Gasteiger partial charge in [-0.25, -0.2) is 4.39 Å². The Balaban J connectivity index is 1.72. The fraction of sp³-hybridized carbons (Fsp3) is 0.280. The largest absolute Gasteiger partial charge is 0.351 e. The fourth-order valence-electron chi connectivity index (χ4n) is 4.15. The van der Waals surface area contributed by atoms with Gasteiger partial charge in [-0.15, -0.1) is 11.3 Å². The molecule has 2 aromatic carbocycles. The highest BCUT2D eigenvalue weighted by Crippen LogP contribution is 2.44. The van der Waals surface area contributed by atoms with Crippen LogP contribution in [0.5, 0.6) is 0 Å². The molecule has 1 aliphatic rings. The average molecular weight is 437 g/mol. The number of nitrogens with zero attached hydrogens (tertiary/aromatic N) is 1. The maximum absolute atomic E-state index is 13.5. The number of halogens is 1. The van der Waals surface area contributed by atoms with Gasteiger partial charge in [-0.05, 0) is 46.7 Å². The van der Waals surface area contributed by atoms with Crippen LogP contribution in [0.25, 0.3) is 0 Å². The predicted molar refractivity (Wildman–Crippen MR) is 120 cm³/mol. The fourth-order valence-corrected chi connectivity index (χ4v) is 5.02. The Morgan fingerprint density at radius 1 is 1.10 bits per heavy atom. The molecule has 0 fully saturated rings. The van der Waals surface area contributed by atoms with Crippen LogP contribution in [0.4, 0.5) is 4.39 Å². The van der Waals surface area contributed by atoms with Crippen molar-refractivity contribution in [1.29, 1.82) is 0 Å². The first-order chi connectivity index (χ1) is 15.0. The molecule has 31 heavy (non-hydrogen) atoms. The zero-order chi connectivity index (χ0) is 22.0. The maximum Gasteiger partial charge on any atom is 0.254 e. The van der Waals surface area contributed by atoms with E-state index in [9.17, 15) is 14.0 Å². The summed E-state index contributed by atoms with van der Waals surface area (Å²) in [5.41, 5.74) is 2.15. The molecular formula is C25H25FN2O2S. The van der Waals surface area contributed by atoms with E-state index in [0.29, 0.717) is 18.7 Å². The summed E-state index contributed by atoms with van der Waals surface area (Å²) < 4.78 is 13.2. The van der Waals surface area contributed by atoms with Crippen LogP contribution in [0.2, 0.25) is 0 Å². The van der Waals surface area contributed by atoms with Gasteiger partial charge in [-0.2, -0.15) is 0 Å². The highest BCUT2D eigenvalue weighted by molar-refractivity contribution is 7.10. The molecule has 0 bridgehead atoms. The third kappa shape index (κ3) is 4.39. The minimum atomic E-state index is -0.522. The van der Waals surface area contributed by atoms with Gasteiger partial charge in [0.25, 0.3) is 5.91 Å². The minimum absolute atomic E-state index is 0.0368. The maximum atomic E-state index is 13.5. The molecule has 6 heteroatoms. The van der Waals surface area contributed by atoms with E-state index in [4.69, 9.17) is 0 Å². The molecule has 0 saturated carbocycles. The van der Waals surface area contributed by atoms with Crippen molar-refractivity contribution in [3.05, 3.63) is 93.4 Å². The molecule has 0 aliphatic carbocycles. The van der Waals surface area contributed by atoms with Crippen molar-refractivity contribution >= 4 is 23.2 Å². The number of benzene rings is 2. The molecule has 2 atom stereocenters. The van der Waals surface area contributed by atoms with Gasteiger partial charge in [-0.1, -0.05) is 50.2 Å². The van der Waals surface area contributed by atoms with Crippen LogP contribution in [0.1, 0.15) is 52.2 Å². The van der Waals surface area contributed by atoms with E-state index in [0.717, 1.165) is 16.0 Å². The van der Waals surface area contributed by atoms with E-state index in [2.05, 4.69) is 19.2 Å². The van der Waals surface area contributed by atoms with Crippen molar-refractivity contribution in [3.63, 3.8) is 0 Å². The standard InChI is InChI=1S/C25H25FN2O2S/c1-16(2)15-28-23(21-8-5-13-31-21)22(19-6-3-4-7-20(19)25(28)30)24(29)27-14-17-9-11-18(26)12-10-17/h3-13,16,22-23H,14-15H2,1-2H3,(H,27,29)/t22-,23+/m0/s1. The number of amides is 2. The zero-order valence-corrected chi connectivity index (χ0v) is 18.4. The molecule has 2 amide bonds. The highest BCUT2D eigenvalue weighted by atomic mass is 32.1. The number of thiophene rings is 1. The van der Waals surface area contributed by atoms with Crippen molar-refractivity contribution in [1.82, 2.24) is 10.2 Å². The Hall–Kier alpha value is -2.99. The molecule has 1 aromatic heterocycles. The van der Waals surface area contributed by atoms with Gasteiger partial charge in [0.1, 0.15) is 5.82 Å². The van der Waals surface area contributed by atoms with Crippen LogP contribution in [0.15, 0.2) is 66.0 Å². The second kappa shape index (κ2) is 9.02. The number of hydrogen-bond acceptors (Lipinski definition) is 3. The molecule has 3 aromatic rings. The average Bonchev–Trinajstić information content (AvgIpc) is 3.29. The van der Waals surface area contributed by atoms with Crippen LogP contribution >= 0.6 is 11.3 Å². The monoisotopic (exact) mass is 436 g/mol. The summed E-state index contributed by atoms with van der Waals surface area (Å²) in [5.74, 6) is -0.745. The minimum Gasteiger partial charge on any atom is -0.351 e. The first-order valence-corrected chi connectivity index (χ1v) is 11.3. The summed E-state index contributed by atoms with van der Waals surface area (Å²) in [7, 11) is 0. The van der Waals surface area contributed by atoms with E-state index in [1.54, 1.807) is 29.5 Å². The van der Waals surface area contributed by atoms with Crippen LogP contribution in [0, 0.1) is 11.7 Å². The van der Waals surface area contributed by atoms with Crippen LogP contribution < -0.4 is 5.32 Å². The lowest BCUT2D eigenvalue weighted by Crippen LogP contribution is -2.48. The van der Waals surface area contributed by atoms with Crippen LogP contribution in [-0.2, 0) is 11.3 Å². The quantitative estimate of drug-likeness (QED) is 0.582. The van der Waals surface area contributed by atoms with Gasteiger partial charge >= 0.3 is 0 Å². The third-order valence-electron chi connectivity index (χ3n) is 5.50. The van der Waals surface area contributed by atoms with E-state index < -0.39 is 5.92 Å². The summed E-state index contributed by atoms with van der Waals surface area (Å²) in [5, 5.41) is 4.99. The lowest BCUT2D eigenvalue weighted by Gasteiger charge is -2.42. The molecule has 1 aliphatic heterocycles. The normalized spacial score (nSPS) is 18.2. The van der Waals surface area contributed by atoms with Crippen LogP contribution in [0.3, 0.4) is 0 Å². The number of hydrogen-bond donors (Lipinski definition) is 1. The molecule has 0 spiro atoms. The molecule has 0 unspecified atom stereocenters. The zero-order valence-electron chi connectivity index (χ0n) is 17.5. The summed E-state index contributed by atoms with van der Waals surface area (Å²) in [4.78, 5) is 29.8. The lowest BCUT2D eigenvalue weighted by atomic mass is 9.81. The van der Waals surface area contributed by atoms with Gasteiger partial charge in [0, 0.05) is 23.5 Å². The van der Waals surface area contributed by atoms with Gasteiger partial charge in [0.2, 0.25) is 5.91 Å². The Bertz CT molecular complexity index is 1060. The number of nitrogens with one attached hydrogen (secondary N) is 1. The topological polar surface area (TPSA) is 49.4 Å². The second-order valence-electron chi connectivity index (χ2n) is 8.22. The summed E-state index contributed by atoms with van der Waals surface area (Å²) in [6, 6.07) is 17.1. The lowest BCUT2D eigenvalue weighted by molar-refractivity contribution is -0.124. The van der Waals surface area contributed by atoms with Crippen molar-refractivity contribution in [2.75, 3.05) is 6.54 Å². The smallest absolute Gasteiger partial charge is 0.254 e. The summed E-state index contributed by atoms with van der Waals surface area (Å²) in [6.07, 6.45) is 0. The number of carbonyl (C=O) groups excluding carboxylic acids is 2. The van der Waals surface area contributed by atoms with Crippen LogP contribution in [-0.4, -0.2) is 23.3 Å². The molecule has 1 N–H and O–H groups in total. The van der Waals surface area contributed by atoms with Gasteiger partial charge < -0.3 is 10.2 Å². The Kier molecular flexibility index (Phi) is 6.18. The molecule has 0 saturated heterocycles. The van der Waals surface area contributed by atoms with Crippen molar-refractivity contribution in [2.24, 2.45) is 5.92 Å². The van der Waals surface area contributed by atoms with E-state index in [-0.39, 0.29) is 29.6 Å². The van der Waals surface area contributed by atoms with Crippen molar-refractivity contribution in [3.8, 4) is 0 Å². The number of fused-ring (bicyclic) bond motifs is 1. The SMILES string of the molecule is CC(C)CN1C(=O)c2ccccc2[C@H](C(=O)NCc2ccc(F)cc2)[C@H]1c1cccs1. The van der Waals surface area contributed by atoms with Gasteiger partial charge in [0.05, 0.1) is 12.0 Å². The Morgan fingerprint density at radius 3 is 2.52 bits per heavy atom. The Labute approximate surface area is 185 Å². The number of rotatable bonds is 6. The highest BCUT2D eigenvalue weighted by Gasteiger charge is 2.44. The molecule has 0 radical (unpaired) electrons. The van der Waals surface area contributed by atoms with Gasteiger partial charge in [0.15, 0.2) is 0 Å². The number of carbonyl (C=O) groups is 2. The van der Waals surface area contributed by atoms with E-state index >= 15 is 0 Å². The molecule has 4 nitrogen and oxygen atoms in total. The first kappa shape index (κ1) is 21.2. The molecular weight excluding hydrogens is 411 g/mol. The third-order valence-corrected chi connectivity index (χ3v) is 6.44. The van der Waals surface area contributed by atoms with Crippen molar-refractivity contribution < 1.29 is 14.0 Å². The second-order valence-corrected chi connectivity index (χ2v) is 9.20.